The van der Waals surface area contributed by atoms with Crippen LogP contribution in [0.25, 0.3) is 11.4 Å². The van der Waals surface area contributed by atoms with Gasteiger partial charge < -0.3 is 4.57 Å². The monoisotopic (exact) mass is 331 g/mol. The molecule has 0 aliphatic heterocycles. The zero-order valence-electron chi connectivity index (χ0n) is 9.99. The number of alkyl halides is 1. The highest BCUT2D eigenvalue weighted by Crippen LogP contribution is 2.27. The summed E-state index contributed by atoms with van der Waals surface area (Å²) in [7, 11) is 0. The molecule has 1 heterocycles. The third-order valence-corrected chi connectivity index (χ3v) is 3.31. The molecule has 2 rings (SSSR count). The molecule has 0 aliphatic carbocycles. The molecule has 0 radical (unpaired) electrons. The van der Waals surface area contributed by atoms with Gasteiger partial charge in [0.15, 0.2) is 5.82 Å². The van der Waals surface area contributed by atoms with Gasteiger partial charge in [0.2, 0.25) is 0 Å². The van der Waals surface area contributed by atoms with Crippen molar-refractivity contribution >= 4 is 27.5 Å². The first-order chi connectivity index (χ1) is 8.54. The molecule has 6 heteroatoms. The zero-order chi connectivity index (χ0) is 13.3. The predicted octanol–water partition coefficient (Wildman–Crippen LogP) is 4.21. The van der Waals surface area contributed by atoms with Crippen LogP contribution in [0, 0.1) is 5.82 Å². The fourth-order valence-electron chi connectivity index (χ4n) is 1.81. The van der Waals surface area contributed by atoms with Crippen molar-refractivity contribution in [3.8, 4) is 11.4 Å². The maximum absolute atomic E-state index is 13.9. The van der Waals surface area contributed by atoms with Crippen molar-refractivity contribution in [3.63, 3.8) is 0 Å². The molecule has 3 nitrogen and oxygen atoms in total. The van der Waals surface area contributed by atoms with Crippen LogP contribution in [0.15, 0.2) is 18.2 Å². The van der Waals surface area contributed by atoms with Gasteiger partial charge in [-0.25, -0.2) is 4.39 Å². The van der Waals surface area contributed by atoms with Crippen LogP contribution >= 0.6 is 27.5 Å². The molecular weight excluding hydrogens is 321 g/mol. The highest BCUT2D eigenvalue weighted by molar-refractivity contribution is 9.08. The maximum atomic E-state index is 13.9. The van der Waals surface area contributed by atoms with E-state index in [2.05, 4.69) is 26.1 Å². The van der Waals surface area contributed by atoms with E-state index in [0.717, 1.165) is 5.82 Å². The van der Waals surface area contributed by atoms with Gasteiger partial charge in [0.05, 0.1) is 10.9 Å². The molecule has 0 fully saturated rings. The highest BCUT2D eigenvalue weighted by Gasteiger charge is 2.18. The van der Waals surface area contributed by atoms with Gasteiger partial charge in [0.25, 0.3) is 0 Å². The zero-order valence-corrected chi connectivity index (χ0v) is 12.3. The second-order valence-electron chi connectivity index (χ2n) is 4.16. The van der Waals surface area contributed by atoms with Gasteiger partial charge >= 0.3 is 0 Å². The Kier molecular flexibility index (Phi) is 4.02. The van der Waals surface area contributed by atoms with Gasteiger partial charge in [-0.3, -0.25) is 0 Å². The lowest BCUT2D eigenvalue weighted by atomic mass is 10.2. The summed E-state index contributed by atoms with van der Waals surface area (Å²) in [6.07, 6.45) is 0. The van der Waals surface area contributed by atoms with E-state index in [-0.39, 0.29) is 6.04 Å². The van der Waals surface area contributed by atoms with E-state index < -0.39 is 5.82 Å². The molecule has 0 N–H and O–H groups in total. The average molecular weight is 333 g/mol. The van der Waals surface area contributed by atoms with Crippen molar-refractivity contribution in [2.75, 3.05) is 0 Å². The van der Waals surface area contributed by atoms with Crippen molar-refractivity contribution in [2.24, 2.45) is 0 Å². The van der Waals surface area contributed by atoms with Crippen LogP contribution in [0.4, 0.5) is 4.39 Å². The van der Waals surface area contributed by atoms with Gasteiger partial charge in [-0.1, -0.05) is 27.5 Å². The topological polar surface area (TPSA) is 30.7 Å². The number of aromatic nitrogens is 3. The fourth-order valence-corrected chi connectivity index (χ4v) is 2.35. The molecule has 0 saturated heterocycles. The minimum Gasteiger partial charge on any atom is -0.308 e. The summed E-state index contributed by atoms with van der Waals surface area (Å²) >= 11 is 9.10. The SMILES string of the molecule is CC(C)n1c(CBr)nnc1-c1ccc(Cl)cc1F. The van der Waals surface area contributed by atoms with Gasteiger partial charge in [-0.15, -0.1) is 10.2 Å². The number of benzene rings is 1. The molecule has 0 atom stereocenters. The summed E-state index contributed by atoms with van der Waals surface area (Å²) < 4.78 is 15.8. The lowest BCUT2D eigenvalue weighted by Gasteiger charge is -2.13. The molecular formula is C12H12BrClFN3. The first kappa shape index (κ1) is 13.5. The predicted molar refractivity (Wildman–Crippen MR) is 73.4 cm³/mol. The molecule has 1 aromatic carbocycles. The minimum absolute atomic E-state index is 0.151. The summed E-state index contributed by atoms with van der Waals surface area (Å²) in [5.74, 6) is 0.904. The van der Waals surface area contributed by atoms with Crippen molar-refractivity contribution in [1.29, 1.82) is 0 Å². The fraction of sp³-hybridized carbons (Fsp3) is 0.333. The van der Waals surface area contributed by atoms with Gasteiger partial charge in [0, 0.05) is 11.1 Å². The molecule has 2 aromatic rings. The van der Waals surface area contributed by atoms with Crippen LogP contribution in [0.5, 0.6) is 0 Å². The maximum Gasteiger partial charge on any atom is 0.167 e. The van der Waals surface area contributed by atoms with E-state index in [1.54, 1.807) is 12.1 Å². The normalized spacial score (nSPS) is 11.2. The van der Waals surface area contributed by atoms with E-state index in [1.165, 1.54) is 6.07 Å². The lowest BCUT2D eigenvalue weighted by Crippen LogP contribution is -2.07. The molecule has 0 saturated carbocycles. The van der Waals surface area contributed by atoms with Crippen LogP contribution in [-0.2, 0) is 5.33 Å². The Bertz CT molecular complexity index is 568. The largest absolute Gasteiger partial charge is 0.308 e. The Hall–Kier alpha value is -0.940. The Morgan fingerprint density at radius 1 is 1.39 bits per heavy atom. The van der Waals surface area contributed by atoms with E-state index in [1.807, 2.05) is 18.4 Å². The highest BCUT2D eigenvalue weighted by atomic mass is 79.9. The number of halogens is 3. The van der Waals surface area contributed by atoms with Crippen molar-refractivity contribution in [2.45, 2.75) is 25.2 Å². The molecule has 0 spiro atoms. The molecule has 0 bridgehead atoms. The van der Waals surface area contributed by atoms with E-state index in [9.17, 15) is 4.39 Å². The Morgan fingerprint density at radius 2 is 2.11 bits per heavy atom. The molecule has 1 aromatic heterocycles. The van der Waals surface area contributed by atoms with Gasteiger partial charge in [-0.05, 0) is 32.0 Å². The quantitative estimate of drug-likeness (QED) is 0.788. The van der Waals surface area contributed by atoms with Crippen molar-refractivity contribution < 1.29 is 4.39 Å². The Balaban J connectivity index is 2.60. The third kappa shape index (κ3) is 2.42. The molecule has 0 unspecified atom stereocenters. The van der Waals surface area contributed by atoms with Gasteiger partial charge in [-0.2, -0.15) is 0 Å². The van der Waals surface area contributed by atoms with Crippen LogP contribution in [0.3, 0.4) is 0 Å². The number of rotatable bonds is 3. The molecule has 0 amide bonds. The van der Waals surface area contributed by atoms with E-state index in [4.69, 9.17) is 11.6 Å². The average Bonchev–Trinajstić information content (AvgIpc) is 2.72. The number of hydrogen-bond acceptors (Lipinski definition) is 2. The Morgan fingerprint density at radius 3 is 2.67 bits per heavy atom. The minimum atomic E-state index is -0.391. The molecule has 18 heavy (non-hydrogen) atoms. The summed E-state index contributed by atoms with van der Waals surface area (Å²) in [5.41, 5.74) is 0.410. The second-order valence-corrected chi connectivity index (χ2v) is 5.16. The standard InChI is InChI=1S/C12H12BrClFN3/c1-7(2)18-11(6-13)16-17-12(18)9-4-3-8(14)5-10(9)15/h3-5,7H,6H2,1-2H3. The second kappa shape index (κ2) is 5.36. The first-order valence-electron chi connectivity index (χ1n) is 5.49. The first-order valence-corrected chi connectivity index (χ1v) is 6.99. The lowest BCUT2D eigenvalue weighted by molar-refractivity contribution is 0.580. The summed E-state index contributed by atoms with van der Waals surface area (Å²) in [4.78, 5) is 0. The smallest absolute Gasteiger partial charge is 0.167 e. The van der Waals surface area contributed by atoms with Gasteiger partial charge in [0.1, 0.15) is 11.6 Å². The number of nitrogens with zero attached hydrogens (tertiary/aromatic N) is 3. The summed E-state index contributed by atoms with van der Waals surface area (Å²) in [6.45, 7) is 4.01. The van der Waals surface area contributed by atoms with Crippen LogP contribution in [0.1, 0.15) is 25.7 Å². The molecule has 96 valence electrons. The van der Waals surface area contributed by atoms with E-state index in [0.29, 0.717) is 21.7 Å². The molecule has 0 aliphatic rings. The van der Waals surface area contributed by atoms with Crippen molar-refractivity contribution in [3.05, 3.63) is 34.9 Å². The Labute approximate surface area is 118 Å². The van der Waals surface area contributed by atoms with E-state index >= 15 is 0 Å². The third-order valence-electron chi connectivity index (χ3n) is 2.57. The summed E-state index contributed by atoms with van der Waals surface area (Å²) in [6, 6.07) is 4.70. The van der Waals surface area contributed by atoms with Crippen LogP contribution in [0.2, 0.25) is 5.02 Å². The van der Waals surface area contributed by atoms with Crippen LogP contribution in [-0.4, -0.2) is 14.8 Å². The van der Waals surface area contributed by atoms with Crippen molar-refractivity contribution in [1.82, 2.24) is 14.8 Å². The van der Waals surface area contributed by atoms with Crippen LogP contribution < -0.4 is 0 Å². The summed E-state index contributed by atoms with van der Waals surface area (Å²) in [5, 5.41) is 9.08. The number of hydrogen-bond donors (Lipinski definition) is 0.